The van der Waals surface area contributed by atoms with E-state index in [9.17, 15) is 4.79 Å². The molecule has 3 rings (SSSR count). The lowest BCUT2D eigenvalue weighted by Crippen LogP contribution is -2.35. The van der Waals surface area contributed by atoms with Crippen molar-refractivity contribution >= 4 is 16.8 Å². The Bertz CT molecular complexity index is 635. The van der Waals surface area contributed by atoms with Gasteiger partial charge < -0.3 is 10.6 Å². The number of para-hydroxylation sites is 1. The minimum Gasteiger partial charge on any atom is -0.355 e. The largest absolute Gasteiger partial charge is 0.355 e. The van der Waals surface area contributed by atoms with E-state index in [1.165, 1.54) is 5.56 Å². The molecule has 110 valence electrons. The van der Waals surface area contributed by atoms with E-state index in [1.54, 1.807) is 0 Å². The third-order valence-corrected chi connectivity index (χ3v) is 4.26. The van der Waals surface area contributed by atoms with Gasteiger partial charge in [-0.1, -0.05) is 31.2 Å². The number of hydrogen-bond donors (Lipinski definition) is 2. The third-order valence-electron chi connectivity index (χ3n) is 4.26. The number of rotatable bonds is 4. The maximum atomic E-state index is 12.1. The molecule has 1 saturated heterocycles. The molecular weight excluding hydrogens is 262 g/mol. The van der Waals surface area contributed by atoms with Crippen LogP contribution in [0.15, 0.2) is 36.5 Å². The summed E-state index contributed by atoms with van der Waals surface area (Å²) in [5, 5.41) is 7.47. The molecule has 2 atom stereocenters. The maximum Gasteiger partial charge on any atom is 0.224 e. The summed E-state index contributed by atoms with van der Waals surface area (Å²) < 4.78 is 0. The fourth-order valence-electron chi connectivity index (χ4n) is 2.98. The highest BCUT2D eigenvalue weighted by Gasteiger charge is 2.29. The third kappa shape index (κ3) is 3.05. The van der Waals surface area contributed by atoms with Crippen molar-refractivity contribution in [2.45, 2.75) is 13.3 Å². The maximum absolute atomic E-state index is 12.1. The number of nitrogens with zero attached hydrogens (tertiary/aromatic N) is 1. The topological polar surface area (TPSA) is 54.0 Å². The molecule has 4 nitrogen and oxygen atoms in total. The van der Waals surface area contributed by atoms with Gasteiger partial charge in [-0.25, -0.2) is 0 Å². The summed E-state index contributed by atoms with van der Waals surface area (Å²) in [5.74, 6) is 0.695. The van der Waals surface area contributed by atoms with E-state index in [0.29, 0.717) is 12.5 Å². The molecule has 0 bridgehead atoms. The minimum absolute atomic E-state index is 0.107. The first kappa shape index (κ1) is 14.0. The van der Waals surface area contributed by atoms with Gasteiger partial charge in [0.2, 0.25) is 5.91 Å². The second kappa shape index (κ2) is 6.22. The summed E-state index contributed by atoms with van der Waals surface area (Å²) in [7, 11) is 0. The molecule has 1 aromatic heterocycles. The van der Waals surface area contributed by atoms with Crippen molar-refractivity contribution in [3.8, 4) is 0 Å². The molecule has 0 spiro atoms. The van der Waals surface area contributed by atoms with Gasteiger partial charge in [-0.05, 0) is 30.5 Å². The van der Waals surface area contributed by atoms with Gasteiger partial charge in [0.1, 0.15) is 0 Å². The number of pyridine rings is 1. The Morgan fingerprint density at radius 1 is 1.33 bits per heavy atom. The highest BCUT2D eigenvalue weighted by molar-refractivity contribution is 5.82. The molecule has 1 aromatic carbocycles. The van der Waals surface area contributed by atoms with Crippen molar-refractivity contribution in [2.75, 3.05) is 19.6 Å². The van der Waals surface area contributed by atoms with Gasteiger partial charge in [0.25, 0.3) is 0 Å². The SMILES string of the molecule is CC1CNCC1C(=O)NCCc1cccc2cccnc12. The number of fused-ring (bicyclic) bond motifs is 1. The van der Waals surface area contributed by atoms with Crippen LogP contribution in [0.25, 0.3) is 10.9 Å². The van der Waals surface area contributed by atoms with E-state index in [0.717, 1.165) is 30.4 Å². The number of carbonyl (C=O) groups is 1. The Morgan fingerprint density at radius 3 is 3.00 bits per heavy atom. The summed E-state index contributed by atoms with van der Waals surface area (Å²) in [6.45, 7) is 4.52. The summed E-state index contributed by atoms with van der Waals surface area (Å²) in [6.07, 6.45) is 2.63. The van der Waals surface area contributed by atoms with Crippen LogP contribution in [-0.2, 0) is 11.2 Å². The van der Waals surface area contributed by atoms with Crippen LogP contribution in [0.2, 0.25) is 0 Å². The van der Waals surface area contributed by atoms with E-state index in [1.807, 2.05) is 18.3 Å². The Morgan fingerprint density at radius 2 is 2.19 bits per heavy atom. The highest BCUT2D eigenvalue weighted by Crippen LogP contribution is 2.17. The average molecular weight is 283 g/mol. The van der Waals surface area contributed by atoms with Crippen LogP contribution in [0.5, 0.6) is 0 Å². The number of benzene rings is 1. The molecule has 1 aliphatic heterocycles. The van der Waals surface area contributed by atoms with Crippen molar-refractivity contribution in [3.63, 3.8) is 0 Å². The van der Waals surface area contributed by atoms with E-state index in [-0.39, 0.29) is 11.8 Å². The van der Waals surface area contributed by atoms with Gasteiger partial charge in [-0.2, -0.15) is 0 Å². The molecule has 1 aliphatic rings. The first-order chi connectivity index (χ1) is 10.3. The highest BCUT2D eigenvalue weighted by atomic mass is 16.1. The summed E-state index contributed by atoms with van der Waals surface area (Å²) in [4.78, 5) is 16.6. The number of nitrogens with one attached hydrogen (secondary N) is 2. The number of aromatic nitrogens is 1. The van der Waals surface area contributed by atoms with Crippen LogP contribution in [0, 0.1) is 11.8 Å². The smallest absolute Gasteiger partial charge is 0.224 e. The zero-order valence-electron chi connectivity index (χ0n) is 12.3. The van der Waals surface area contributed by atoms with Crippen LogP contribution in [0.3, 0.4) is 0 Å². The zero-order chi connectivity index (χ0) is 14.7. The normalized spacial score (nSPS) is 21.6. The fraction of sp³-hybridized carbons (Fsp3) is 0.412. The minimum atomic E-state index is 0.107. The van der Waals surface area contributed by atoms with E-state index in [2.05, 4.69) is 40.7 Å². The van der Waals surface area contributed by atoms with Gasteiger partial charge in [0.05, 0.1) is 11.4 Å². The lowest BCUT2D eigenvalue weighted by atomic mass is 9.97. The molecule has 2 aromatic rings. The summed E-state index contributed by atoms with van der Waals surface area (Å²) in [6, 6.07) is 10.2. The first-order valence-electron chi connectivity index (χ1n) is 7.57. The van der Waals surface area contributed by atoms with E-state index >= 15 is 0 Å². The Hall–Kier alpha value is -1.94. The fourth-order valence-corrected chi connectivity index (χ4v) is 2.98. The van der Waals surface area contributed by atoms with Crippen molar-refractivity contribution in [1.29, 1.82) is 0 Å². The molecule has 2 N–H and O–H groups in total. The van der Waals surface area contributed by atoms with E-state index in [4.69, 9.17) is 0 Å². The van der Waals surface area contributed by atoms with Crippen LogP contribution in [0.4, 0.5) is 0 Å². The molecule has 0 radical (unpaired) electrons. The van der Waals surface area contributed by atoms with Crippen molar-refractivity contribution in [1.82, 2.24) is 15.6 Å². The predicted octanol–water partition coefficient (Wildman–Crippen LogP) is 1.75. The molecule has 2 unspecified atom stereocenters. The number of carbonyl (C=O) groups excluding carboxylic acids is 1. The Balaban J connectivity index is 1.61. The second-order valence-corrected chi connectivity index (χ2v) is 5.78. The van der Waals surface area contributed by atoms with Crippen molar-refractivity contribution in [3.05, 3.63) is 42.1 Å². The van der Waals surface area contributed by atoms with Gasteiger partial charge in [-0.15, -0.1) is 0 Å². The summed E-state index contributed by atoms with van der Waals surface area (Å²) >= 11 is 0. The summed E-state index contributed by atoms with van der Waals surface area (Å²) in [5.41, 5.74) is 2.22. The number of hydrogen-bond acceptors (Lipinski definition) is 3. The monoisotopic (exact) mass is 283 g/mol. The van der Waals surface area contributed by atoms with Gasteiger partial charge in [0, 0.05) is 24.7 Å². The second-order valence-electron chi connectivity index (χ2n) is 5.78. The van der Waals surface area contributed by atoms with Crippen LogP contribution in [0.1, 0.15) is 12.5 Å². The molecule has 2 heterocycles. The zero-order valence-corrected chi connectivity index (χ0v) is 12.3. The standard InChI is InChI=1S/C17H21N3O/c1-12-10-18-11-15(12)17(21)20-9-7-14-5-2-4-13-6-3-8-19-16(13)14/h2-6,8,12,15,18H,7,9-11H2,1H3,(H,20,21). The van der Waals surface area contributed by atoms with Crippen LogP contribution < -0.4 is 10.6 Å². The van der Waals surface area contributed by atoms with Gasteiger partial charge >= 0.3 is 0 Å². The van der Waals surface area contributed by atoms with Crippen molar-refractivity contribution < 1.29 is 4.79 Å². The average Bonchev–Trinajstić information content (AvgIpc) is 2.93. The molecular formula is C17H21N3O. The lowest BCUT2D eigenvalue weighted by Gasteiger charge is -2.14. The molecule has 21 heavy (non-hydrogen) atoms. The predicted molar refractivity (Wildman–Crippen MR) is 84.0 cm³/mol. The molecule has 1 fully saturated rings. The molecule has 4 heteroatoms. The molecule has 0 aliphatic carbocycles. The Kier molecular flexibility index (Phi) is 4.15. The molecule has 0 saturated carbocycles. The number of amides is 1. The van der Waals surface area contributed by atoms with Crippen molar-refractivity contribution in [2.24, 2.45) is 11.8 Å². The van der Waals surface area contributed by atoms with Crippen LogP contribution in [-0.4, -0.2) is 30.5 Å². The lowest BCUT2D eigenvalue weighted by molar-refractivity contribution is -0.125. The van der Waals surface area contributed by atoms with Crippen LogP contribution >= 0.6 is 0 Å². The van der Waals surface area contributed by atoms with E-state index < -0.39 is 0 Å². The Labute approximate surface area is 125 Å². The first-order valence-corrected chi connectivity index (χ1v) is 7.57. The quantitative estimate of drug-likeness (QED) is 0.899. The van der Waals surface area contributed by atoms with Gasteiger partial charge in [0.15, 0.2) is 0 Å². The molecule has 1 amide bonds. The van der Waals surface area contributed by atoms with Gasteiger partial charge in [-0.3, -0.25) is 9.78 Å².